The summed E-state index contributed by atoms with van der Waals surface area (Å²) in [5.74, 6) is 0. The molecule has 0 aromatic heterocycles. The number of nitrogens with one attached hydrogen (secondary N) is 1. The van der Waals surface area contributed by atoms with Gasteiger partial charge < -0.3 is 10.1 Å². The molecule has 0 spiro atoms. The second-order valence-corrected chi connectivity index (χ2v) is 6.99. The van der Waals surface area contributed by atoms with Gasteiger partial charge in [0.05, 0.1) is 6.61 Å². The van der Waals surface area contributed by atoms with Gasteiger partial charge >= 0.3 is 0 Å². The number of rotatable bonds is 7. The van der Waals surface area contributed by atoms with Crippen LogP contribution >= 0.6 is 11.8 Å². The van der Waals surface area contributed by atoms with Crippen LogP contribution < -0.4 is 5.32 Å². The highest BCUT2D eigenvalue weighted by Crippen LogP contribution is 2.35. The van der Waals surface area contributed by atoms with Gasteiger partial charge in [0.2, 0.25) is 0 Å². The lowest BCUT2D eigenvalue weighted by molar-refractivity contribution is 0.199. The largest absolute Gasteiger partial charge is 0.383 e. The Balaban J connectivity index is 1.85. The Morgan fingerprint density at radius 3 is 2.75 bits per heavy atom. The van der Waals surface area contributed by atoms with E-state index >= 15 is 0 Å². The van der Waals surface area contributed by atoms with Crippen molar-refractivity contribution in [1.29, 1.82) is 0 Å². The van der Waals surface area contributed by atoms with E-state index in [1.165, 1.54) is 48.1 Å². The highest BCUT2D eigenvalue weighted by Gasteiger charge is 2.15. The quantitative estimate of drug-likeness (QED) is 0.763. The molecule has 3 heteroatoms. The second kappa shape index (κ2) is 8.71. The van der Waals surface area contributed by atoms with Crippen LogP contribution in [0.25, 0.3) is 0 Å². The third kappa shape index (κ3) is 5.12. The Bertz CT molecular complexity index is 402. The molecule has 0 radical (unpaired) electrons. The lowest BCUT2D eigenvalue weighted by atomic mass is 10.0. The van der Waals surface area contributed by atoms with Gasteiger partial charge in [0.1, 0.15) is 0 Å². The average molecular weight is 293 g/mol. The fraction of sp³-hybridized carbons (Fsp3) is 0.647. The minimum atomic E-state index is 0.772. The van der Waals surface area contributed by atoms with Crippen LogP contribution in [0.15, 0.2) is 23.1 Å². The van der Waals surface area contributed by atoms with Gasteiger partial charge in [-0.1, -0.05) is 31.4 Å². The molecule has 1 aromatic carbocycles. The first-order chi connectivity index (χ1) is 9.79. The summed E-state index contributed by atoms with van der Waals surface area (Å²) in [5, 5.41) is 4.24. The fourth-order valence-electron chi connectivity index (χ4n) is 2.72. The van der Waals surface area contributed by atoms with Gasteiger partial charge in [-0.2, -0.15) is 0 Å². The van der Waals surface area contributed by atoms with E-state index in [4.69, 9.17) is 4.74 Å². The number of hydrogen-bond acceptors (Lipinski definition) is 3. The van der Waals surface area contributed by atoms with Gasteiger partial charge in [-0.05, 0) is 37.0 Å². The Morgan fingerprint density at radius 1 is 1.25 bits per heavy atom. The van der Waals surface area contributed by atoms with Gasteiger partial charge in [-0.3, -0.25) is 0 Å². The van der Waals surface area contributed by atoms with Gasteiger partial charge in [0.15, 0.2) is 0 Å². The van der Waals surface area contributed by atoms with E-state index in [0.29, 0.717) is 0 Å². The summed E-state index contributed by atoms with van der Waals surface area (Å²) < 4.78 is 5.04. The van der Waals surface area contributed by atoms with E-state index in [9.17, 15) is 0 Å². The maximum absolute atomic E-state index is 5.04. The molecule has 1 saturated carbocycles. The number of thioether (sulfide) groups is 1. The first-order valence-corrected chi connectivity index (χ1v) is 8.63. The predicted molar refractivity (Wildman–Crippen MR) is 87.5 cm³/mol. The zero-order valence-electron chi connectivity index (χ0n) is 12.8. The predicted octanol–water partition coefficient (Wildman–Crippen LogP) is 4.16. The highest BCUT2D eigenvalue weighted by atomic mass is 32.2. The molecule has 112 valence electrons. The van der Waals surface area contributed by atoms with Crippen molar-refractivity contribution < 1.29 is 4.74 Å². The van der Waals surface area contributed by atoms with Crippen molar-refractivity contribution in [3.05, 3.63) is 29.3 Å². The molecule has 0 saturated heterocycles. The molecule has 1 aromatic rings. The molecular weight excluding hydrogens is 266 g/mol. The first kappa shape index (κ1) is 15.9. The normalized spacial score (nSPS) is 16.5. The molecule has 0 aliphatic heterocycles. The van der Waals surface area contributed by atoms with Crippen LogP contribution in [0.1, 0.15) is 43.2 Å². The van der Waals surface area contributed by atoms with E-state index in [1.807, 2.05) is 0 Å². The van der Waals surface area contributed by atoms with E-state index in [1.54, 1.807) is 7.11 Å². The van der Waals surface area contributed by atoms with E-state index < -0.39 is 0 Å². The molecule has 20 heavy (non-hydrogen) atoms. The standard InChI is InChI=1S/C17H27NOS/c1-14-12-15(13-18-10-11-19-2)8-9-17(14)20-16-6-4-3-5-7-16/h8-9,12,16,18H,3-7,10-11,13H2,1-2H3. The monoisotopic (exact) mass is 293 g/mol. The number of aryl methyl sites for hydroxylation is 1. The first-order valence-electron chi connectivity index (χ1n) is 7.75. The summed E-state index contributed by atoms with van der Waals surface area (Å²) in [6.45, 7) is 4.85. The number of hydrogen-bond donors (Lipinski definition) is 1. The fourth-order valence-corrected chi connectivity index (χ4v) is 4.04. The zero-order valence-corrected chi connectivity index (χ0v) is 13.6. The maximum atomic E-state index is 5.04. The summed E-state index contributed by atoms with van der Waals surface area (Å²) >= 11 is 2.09. The number of ether oxygens (including phenoxy) is 1. The van der Waals surface area contributed by atoms with Crippen molar-refractivity contribution in [1.82, 2.24) is 5.32 Å². The molecule has 1 fully saturated rings. The van der Waals surface area contributed by atoms with Crippen LogP contribution in [0.4, 0.5) is 0 Å². The molecular formula is C17H27NOS. The molecule has 1 N–H and O–H groups in total. The summed E-state index contributed by atoms with van der Waals surface area (Å²) in [6.07, 6.45) is 7.05. The second-order valence-electron chi connectivity index (χ2n) is 5.65. The molecule has 2 nitrogen and oxygen atoms in total. The Hall–Kier alpha value is -0.510. The Morgan fingerprint density at radius 2 is 2.05 bits per heavy atom. The van der Waals surface area contributed by atoms with E-state index in [2.05, 4.69) is 42.2 Å². The molecule has 1 aliphatic carbocycles. The third-order valence-corrected chi connectivity index (χ3v) is 5.41. The Kier molecular flexibility index (Phi) is 6.91. The number of methoxy groups -OCH3 is 1. The van der Waals surface area contributed by atoms with Crippen LogP contribution in [-0.2, 0) is 11.3 Å². The molecule has 0 heterocycles. The average Bonchev–Trinajstić information content (AvgIpc) is 2.47. The van der Waals surface area contributed by atoms with Crippen molar-refractivity contribution in [2.45, 2.75) is 55.7 Å². The molecule has 0 unspecified atom stereocenters. The van der Waals surface area contributed by atoms with Crippen LogP contribution in [-0.4, -0.2) is 25.5 Å². The minimum absolute atomic E-state index is 0.772. The van der Waals surface area contributed by atoms with Crippen molar-refractivity contribution in [3.63, 3.8) is 0 Å². The van der Waals surface area contributed by atoms with Crippen molar-refractivity contribution in [3.8, 4) is 0 Å². The summed E-state index contributed by atoms with van der Waals surface area (Å²) in [7, 11) is 1.74. The summed E-state index contributed by atoms with van der Waals surface area (Å²) in [6, 6.07) is 6.89. The molecule has 0 bridgehead atoms. The maximum Gasteiger partial charge on any atom is 0.0587 e. The molecule has 0 amide bonds. The molecule has 0 atom stereocenters. The van der Waals surface area contributed by atoms with Crippen molar-refractivity contribution in [2.75, 3.05) is 20.3 Å². The van der Waals surface area contributed by atoms with Gasteiger partial charge in [0.25, 0.3) is 0 Å². The summed E-state index contributed by atoms with van der Waals surface area (Å²) in [4.78, 5) is 1.47. The summed E-state index contributed by atoms with van der Waals surface area (Å²) in [5.41, 5.74) is 2.79. The topological polar surface area (TPSA) is 21.3 Å². The third-order valence-electron chi connectivity index (χ3n) is 3.90. The van der Waals surface area contributed by atoms with Crippen LogP contribution in [0.3, 0.4) is 0 Å². The lowest BCUT2D eigenvalue weighted by Crippen LogP contribution is -2.18. The van der Waals surface area contributed by atoms with Gasteiger partial charge in [-0.15, -0.1) is 11.8 Å². The van der Waals surface area contributed by atoms with Crippen LogP contribution in [0.5, 0.6) is 0 Å². The number of benzene rings is 1. The smallest absolute Gasteiger partial charge is 0.0587 e. The van der Waals surface area contributed by atoms with Crippen LogP contribution in [0.2, 0.25) is 0 Å². The van der Waals surface area contributed by atoms with Gasteiger partial charge in [-0.25, -0.2) is 0 Å². The SMILES string of the molecule is COCCNCc1ccc(SC2CCCCC2)c(C)c1. The Labute approximate surface area is 127 Å². The highest BCUT2D eigenvalue weighted by molar-refractivity contribution is 8.00. The van der Waals surface area contributed by atoms with Crippen molar-refractivity contribution >= 4 is 11.8 Å². The zero-order chi connectivity index (χ0) is 14.2. The van der Waals surface area contributed by atoms with Gasteiger partial charge in [0, 0.05) is 30.3 Å². The van der Waals surface area contributed by atoms with Crippen LogP contribution in [0, 0.1) is 6.92 Å². The minimum Gasteiger partial charge on any atom is -0.383 e. The lowest BCUT2D eigenvalue weighted by Gasteiger charge is -2.22. The van der Waals surface area contributed by atoms with Crippen molar-refractivity contribution in [2.24, 2.45) is 0 Å². The molecule has 2 rings (SSSR count). The molecule has 1 aliphatic rings. The van der Waals surface area contributed by atoms with E-state index in [-0.39, 0.29) is 0 Å². The van der Waals surface area contributed by atoms with E-state index in [0.717, 1.165) is 24.9 Å².